The number of amides is 2. The van der Waals surface area contributed by atoms with Gasteiger partial charge in [0, 0.05) is 6.54 Å². The predicted octanol–water partition coefficient (Wildman–Crippen LogP) is 2.07. The molecule has 0 aliphatic carbocycles. The minimum absolute atomic E-state index is 0.0249. The third-order valence-corrected chi connectivity index (χ3v) is 5.10. The first kappa shape index (κ1) is 21.4. The molecule has 0 atom stereocenters. The van der Waals surface area contributed by atoms with E-state index in [0.29, 0.717) is 12.1 Å². The van der Waals surface area contributed by atoms with Gasteiger partial charge in [-0.25, -0.2) is 4.79 Å². The molecule has 2 rings (SSSR count). The molecule has 0 saturated heterocycles. The molecule has 0 fully saturated rings. The van der Waals surface area contributed by atoms with E-state index in [2.05, 4.69) is 10.6 Å². The summed E-state index contributed by atoms with van der Waals surface area (Å²) in [5.41, 5.74) is 6.90. The Balaban J connectivity index is 2.02. The molecule has 8 nitrogen and oxygen atoms in total. The Morgan fingerprint density at radius 2 is 1.86 bits per heavy atom. The molecule has 0 unspecified atom stereocenters. The van der Waals surface area contributed by atoms with Crippen LogP contribution in [-0.2, 0) is 16.1 Å². The third-order valence-electron chi connectivity index (χ3n) is 3.88. The average Bonchev–Trinajstić information content (AvgIpc) is 2.98. The SMILES string of the molecule is CCOC(=O)c1c(NC(=O)CNCc2ccc(OC)cc2)sc(C(N)=O)c1C. The van der Waals surface area contributed by atoms with Crippen LogP contribution >= 0.6 is 11.3 Å². The van der Waals surface area contributed by atoms with E-state index in [4.69, 9.17) is 15.2 Å². The molecule has 1 heterocycles. The van der Waals surface area contributed by atoms with Gasteiger partial charge in [0.2, 0.25) is 5.91 Å². The van der Waals surface area contributed by atoms with Crippen LogP contribution in [0, 0.1) is 6.92 Å². The number of nitrogens with one attached hydrogen (secondary N) is 2. The topological polar surface area (TPSA) is 120 Å². The maximum Gasteiger partial charge on any atom is 0.341 e. The number of anilines is 1. The van der Waals surface area contributed by atoms with Gasteiger partial charge in [0.15, 0.2) is 0 Å². The highest BCUT2D eigenvalue weighted by Crippen LogP contribution is 2.33. The van der Waals surface area contributed by atoms with E-state index in [1.165, 1.54) is 0 Å². The van der Waals surface area contributed by atoms with E-state index < -0.39 is 11.9 Å². The summed E-state index contributed by atoms with van der Waals surface area (Å²) in [4.78, 5) is 36.3. The standard InChI is InChI=1S/C19H23N3O5S/c1-4-27-19(25)15-11(2)16(17(20)24)28-18(15)22-14(23)10-21-9-12-5-7-13(26-3)8-6-12/h5-8,21H,4,9-10H2,1-3H3,(H2,20,24)(H,22,23). The van der Waals surface area contributed by atoms with E-state index in [1.54, 1.807) is 21.0 Å². The number of rotatable bonds is 9. The number of thiophene rings is 1. The lowest BCUT2D eigenvalue weighted by atomic mass is 10.1. The second-order valence-electron chi connectivity index (χ2n) is 5.84. The highest BCUT2D eigenvalue weighted by atomic mass is 32.1. The molecule has 0 spiro atoms. The Labute approximate surface area is 167 Å². The fraction of sp³-hybridized carbons (Fsp3) is 0.316. The van der Waals surface area contributed by atoms with Crippen molar-refractivity contribution < 1.29 is 23.9 Å². The zero-order valence-electron chi connectivity index (χ0n) is 16.0. The highest BCUT2D eigenvalue weighted by molar-refractivity contribution is 7.18. The first-order chi connectivity index (χ1) is 13.4. The number of benzene rings is 1. The fourth-order valence-corrected chi connectivity index (χ4v) is 3.58. The van der Waals surface area contributed by atoms with Crippen molar-refractivity contribution >= 4 is 34.1 Å². The van der Waals surface area contributed by atoms with Crippen molar-refractivity contribution in [1.29, 1.82) is 0 Å². The van der Waals surface area contributed by atoms with Crippen LogP contribution in [0.5, 0.6) is 5.75 Å². The number of nitrogens with two attached hydrogens (primary N) is 1. The molecular weight excluding hydrogens is 382 g/mol. The predicted molar refractivity (Wildman–Crippen MR) is 107 cm³/mol. The Bertz CT molecular complexity index is 861. The van der Waals surface area contributed by atoms with Crippen molar-refractivity contribution in [2.75, 3.05) is 25.6 Å². The molecule has 9 heteroatoms. The lowest BCUT2D eigenvalue weighted by Crippen LogP contribution is -2.28. The van der Waals surface area contributed by atoms with Crippen molar-refractivity contribution in [2.24, 2.45) is 5.73 Å². The third kappa shape index (κ3) is 5.30. The summed E-state index contributed by atoms with van der Waals surface area (Å²) in [6, 6.07) is 7.46. The number of ether oxygens (including phenoxy) is 2. The van der Waals surface area contributed by atoms with Gasteiger partial charge in [0.05, 0.1) is 30.7 Å². The van der Waals surface area contributed by atoms with Crippen molar-refractivity contribution in [3.05, 3.63) is 45.8 Å². The average molecular weight is 405 g/mol. The Hall–Kier alpha value is -2.91. The number of methoxy groups -OCH3 is 1. The molecule has 150 valence electrons. The van der Waals surface area contributed by atoms with Gasteiger partial charge in [-0.2, -0.15) is 0 Å². The zero-order valence-corrected chi connectivity index (χ0v) is 16.8. The van der Waals surface area contributed by atoms with Crippen LogP contribution in [0.1, 0.15) is 38.1 Å². The van der Waals surface area contributed by atoms with Crippen LogP contribution < -0.4 is 21.1 Å². The lowest BCUT2D eigenvalue weighted by Gasteiger charge is -2.08. The van der Waals surface area contributed by atoms with Crippen LogP contribution in [0.2, 0.25) is 0 Å². The van der Waals surface area contributed by atoms with Gasteiger partial charge in [-0.05, 0) is 37.1 Å². The van der Waals surface area contributed by atoms with Gasteiger partial charge in [-0.15, -0.1) is 11.3 Å². The first-order valence-electron chi connectivity index (χ1n) is 8.61. The van der Waals surface area contributed by atoms with Crippen LogP contribution in [0.4, 0.5) is 5.00 Å². The summed E-state index contributed by atoms with van der Waals surface area (Å²) in [5, 5.41) is 5.93. The monoisotopic (exact) mass is 405 g/mol. The maximum absolute atomic E-state index is 12.3. The van der Waals surface area contributed by atoms with Gasteiger partial charge >= 0.3 is 5.97 Å². The van der Waals surface area contributed by atoms with Gasteiger partial charge in [0.1, 0.15) is 10.8 Å². The Morgan fingerprint density at radius 3 is 2.43 bits per heavy atom. The van der Waals surface area contributed by atoms with Crippen molar-refractivity contribution in [3.63, 3.8) is 0 Å². The molecular formula is C19H23N3O5S. The van der Waals surface area contributed by atoms with E-state index in [1.807, 2.05) is 24.3 Å². The molecule has 1 aromatic carbocycles. The molecule has 1 aromatic heterocycles. The number of hydrogen-bond acceptors (Lipinski definition) is 7. The summed E-state index contributed by atoms with van der Waals surface area (Å²) in [6.07, 6.45) is 0. The van der Waals surface area contributed by atoms with Crippen molar-refractivity contribution in [2.45, 2.75) is 20.4 Å². The molecule has 2 aromatic rings. The molecule has 0 aliphatic rings. The largest absolute Gasteiger partial charge is 0.497 e. The molecule has 0 aliphatic heterocycles. The van der Waals surface area contributed by atoms with Crippen LogP contribution in [0.25, 0.3) is 0 Å². The summed E-state index contributed by atoms with van der Waals surface area (Å²) >= 11 is 0.962. The van der Waals surface area contributed by atoms with Gasteiger partial charge in [-0.1, -0.05) is 12.1 Å². The normalized spacial score (nSPS) is 10.4. The lowest BCUT2D eigenvalue weighted by molar-refractivity contribution is -0.115. The number of hydrogen-bond donors (Lipinski definition) is 3. The van der Waals surface area contributed by atoms with Crippen LogP contribution in [0.3, 0.4) is 0 Å². The van der Waals surface area contributed by atoms with Gasteiger partial charge in [-0.3, -0.25) is 9.59 Å². The van der Waals surface area contributed by atoms with E-state index in [0.717, 1.165) is 22.6 Å². The van der Waals surface area contributed by atoms with E-state index >= 15 is 0 Å². The molecule has 2 amide bonds. The first-order valence-corrected chi connectivity index (χ1v) is 9.42. The Morgan fingerprint density at radius 1 is 1.18 bits per heavy atom. The molecule has 4 N–H and O–H groups in total. The molecule has 0 radical (unpaired) electrons. The summed E-state index contributed by atoms with van der Waals surface area (Å²) < 4.78 is 10.1. The summed E-state index contributed by atoms with van der Waals surface area (Å²) in [6.45, 7) is 3.96. The van der Waals surface area contributed by atoms with Crippen LogP contribution in [-0.4, -0.2) is 38.0 Å². The second-order valence-corrected chi connectivity index (χ2v) is 6.87. The van der Waals surface area contributed by atoms with Crippen LogP contribution in [0.15, 0.2) is 24.3 Å². The minimum Gasteiger partial charge on any atom is -0.497 e. The smallest absolute Gasteiger partial charge is 0.341 e. The van der Waals surface area contributed by atoms with E-state index in [-0.39, 0.29) is 34.5 Å². The fourth-order valence-electron chi connectivity index (χ4n) is 2.52. The summed E-state index contributed by atoms with van der Waals surface area (Å²) in [7, 11) is 1.60. The number of carbonyl (C=O) groups excluding carboxylic acids is 3. The molecule has 0 bridgehead atoms. The molecule has 0 saturated carbocycles. The number of carbonyl (C=O) groups is 3. The van der Waals surface area contributed by atoms with Crippen molar-refractivity contribution in [1.82, 2.24) is 5.32 Å². The molecule has 28 heavy (non-hydrogen) atoms. The summed E-state index contributed by atoms with van der Waals surface area (Å²) in [5.74, 6) is -0.862. The minimum atomic E-state index is -0.661. The maximum atomic E-state index is 12.3. The van der Waals surface area contributed by atoms with E-state index in [9.17, 15) is 14.4 Å². The highest BCUT2D eigenvalue weighted by Gasteiger charge is 2.25. The second kappa shape index (κ2) is 9.86. The quantitative estimate of drug-likeness (QED) is 0.550. The van der Waals surface area contributed by atoms with Crippen molar-refractivity contribution in [3.8, 4) is 5.75 Å². The Kier molecular flexibility index (Phi) is 7.53. The number of esters is 1. The zero-order chi connectivity index (χ0) is 20.7. The number of primary amides is 1. The van der Waals surface area contributed by atoms with Gasteiger partial charge < -0.3 is 25.8 Å². The van der Waals surface area contributed by atoms with Gasteiger partial charge in [0.25, 0.3) is 5.91 Å².